The Bertz CT molecular complexity index is 922. The summed E-state index contributed by atoms with van der Waals surface area (Å²) in [6.07, 6.45) is 3.40. The summed E-state index contributed by atoms with van der Waals surface area (Å²) < 4.78 is 13.4. The second-order valence-corrected chi connectivity index (χ2v) is 7.36. The van der Waals surface area contributed by atoms with Crippen molar-refractivity contribution in [2.75, 3.05) is 26.2 Å². The van der Waals surface area contributed by atoms with Gasteiger partial charge in [-0.25, -0.2) is 9.37 Å². The molecule has 0 bridgehead atoms. The van der Waals surface area contributed by atoms with Gasteiger partial charge in [-0.1, -0.05) is 0 Å². The van der Waals surface area contributed by atoms with Gasteiger partial charge in [-0.15, -0.1) is 11.3 Å². The molecule has 0 unspecified atom stereocenters. The molecule has 1 saturated heterocycles. The first-order chi connectivity index (χ1) is 12.6. The number of pyridine rings is 1. The number of halogens is 1. The predicted molar refractivity (Wildman–Crippen MR) is 99.7 cm³/mol. The molecule has 0 radical (unpaired) electrons. The molecule has 0 aliphatic carbocycles. The van der Waals surface area contributed by atoms with Crippen LogP contribution in [0.15, 0.2) is 42.0 Å². The number of benzene rings is 1. The van der Waals surface area contributed by atoms with Gasteiger partial charge in [-0.2, -0.15) is 0 Å². The molecule has 3 heterocycles. The fraction of sp³-hybridized carbons (Fsp3) is 0.316. The molecule has 1 atom stereocenters. The van der Waals surface area contributed by atoms with E-state index in [0.29, 0.717) is 29.6 Å². The van der Waals surface area contributed by atoms with E-state index in [0.717, 1.165) is 18.1 Å². The molecular weight excluding hydrogens is 351 g/mol. The monoisotopic (exact) mass is 370 g/mol. The van der Waals surface area contributed by atoms with Gasteiger partial charge in [0.1, 0.15) is 10.8 Å². The number of nitrogens with zero attached hydrogens (tertiary/aromatic N) is 4. The summed E-state index contributed by atoms with van der Waals surface area (Å²) in [6, 6.07) is 6.39. The van der Waals surface area contributed by atoms with Crippen LogP contribution in [-0.4, -0.2) is 51.9 Å². The molecule has 1 aliphatic heterocycles. The summed E-state index contributed by atoms with van der Waals surface area (Å²) in [4.78, 5) is 25.7. The SMILES string of the molecule is C[C@H](c1nccs1)N1CCN(C(=O)c2cnc3ccc(F)cc3c2)CC1. The van der Waals surface area contributed by atoms with E-state index in [-0.39, 0.29) is 17.8 Å². The van der Waals surface area contributed by atoms with Crippen molar-refractivity contribution in [1.82, 2.24) is 19.8 Å². The highest BCUT2D eigenvalue weighted by atomic mass is 32.1. The van der Waals surface area contributed by atoms with Crippen molar-refractivity contribution < 1.29 is 9.18 Å². The maximum atomic E-state index is 13.4. The smallest absolute Gasteiger partial charge is 0.255 e. The van der Waals surface area contributed by atoms with Crippen molar-refractivity contribution in [3.63, 3.8) is 0 Å². The van der Waals surface area contributed by atoms with Gasteiger partial charge >= 0.3 is 0 Å². The van der Waals surface area contributed by atoms with Gasteiger partial charge in [0.25, 0.3) is 5.91 Å². The molecule has 0 spiro atoms. The van der Waals surface area contributed by atoms with E-state index in [1.807, 2.05) is 16.5 Å². The Morgan fingerprint density at radius 3 is 2.73 bits per heavy atom. The number of carbonyl (C=O) groups is 1. The van der Waals surface area contributed by atoms with Crippen LogP contribution in [0.5, 0.6) is 0 Å². The van der Waals surface area contributed by atoms with Crippen LogP contribution >= 0.6 is 11.3 Å². The lowest BCUT2D eigenvalue weighted by Gasteiger charge is -2.37. The molecule has 1 aromatic carbocycles. The first kappa shape index (κ1) is 17.1. The number of piperazine rings is 1. The molecule has 1 aliphatic rings. The molecule has 0 N–H and O–H groups in total. The lowest BCUT2D eigenvalue weighted by Crippen LogP contribution is -2.49. The van der Waals surface area contributed by atoms with Crippen LogP contribution in [0.2, 0.25) is 0 Å². The molecule has 1 fully saturated rings. The summed E-state index contributed by atoms with van der Waals surface area (Å²) in [5.74, 6) is -0.376. The number of fused-ring (bicyclic) bond motifs is 1. The van der Waals surface area contributed by atoms with E-state index in [4.69, 9.17) is 0 Å². The zero-order valence-electron chi connectivity index (χ0n) is 14.4. The Hall–Kier alpha value is -2.38. The van der Waals surface area contributed by atoms with E-state index in [1.165, 1.54) is 12.1 Å². The van der Waals surface area contributed by atoms with E-state index < -0.39 is 0 Å². The van der Waals surface area contributed by atoms with Gasteiger partial charge in [0.2, 0.25) is 0 Å². The summed E-state index contributed by atoms with van der Waals surface area (Å²) in [5, 5.41) is 3.73. The number of hydrogen-bond acceptors (Lipinski definition) is 5. The lowest BCUT2D eigenvalue weighted by atomic mass is 10.1. The lowest BCUT2D eigenvalue weighted by molar-refractivity contribution is 0.0581. The first-order valence-corrected chi connectivity index (χ1v) is 9.48. The van der Waals surface area contributed by atoms with Crippen LogP contribution in [0.4, 0.5) is 4.39 Å². The fourth-order valence-corrected chi connectivity index (χ4v) is 4.04. The quantitative estimate of drug-likeness (QED) is 0.709. The highest BCUT2D eigenvalue weighted by Gasteiger charge is 2.26. The normalized spacial score (nSPS) is 16.8. The fourth-order valence-electron chi connectivity index (χ4n) is 3.31. The molecular formula is C19H19FN4OS. The average Bonchev–Trinajstić information content (AvgIpc) is 3.21. The first-order valence-electron chi connectivity index (χ1n) is 8.60. The van der Waals surface area contributed by atoms with Crippen LogP contribution in [0.3, 0.4) is 0 Å². The maximum absolute atomic E-state index is 13.4. The Morgan fingerprint density at radius 1 is 1.19 bits per heavy atom. The number of thiazole rings is 1. The van der Waals surface area contributed by atoms with Crippen molar-refractivity contribution in [2.24, 2.45) is 0 Å². The van der Waals surface area contributed by atoms with Crippen molar-refractivity contribution in [2.45, 2.75) is 13.0 Å². The number of rotatable bonds is 3. The van der Waals surface area contributed by atoms with Crippen LogP contribution in [-0.2, 0) is 0 Å². The zero-order valence-corrected chi connectivity index (χ0v) is 15.2. The van der Waals surface area contributed by atoms with E-state index in [9.17, 15) is 9.18 Å². The van der Waals surface area contributed by atoms with Crippen LogP contribution < -0.4 is 0 Å². The third kappa shape index (κ3) is 3.32. The van der Waals surface area contributed by atoms with E-state index in [2.05, 4.69) is 21.8 Å². The van der Waals surface area contributed by atoms with E-state index in [1.54, 1.807) is 29.7 Å². The molecule has 5 nitrogen and oxygen atoms in total. The van der Waals surface area contributed by atoms with E-state index >= 15 is 0 Å². The third-order valence-corrected chi connectivity index (χ3v) is 5.79. The average molecular weight is 370 g/mol. The Morgan fingerprint density at radius 2 is 2.00 bits per heavy atom. The second-order valence-electron chi connectivity index (χ2n) is 6.44. The summed E-state index contributed by atoms with van der Waals surface area (Å²) >= 11 is 1.66. The highest BCUT2D eigenvalue weighted by Crippen LogP contribution is 2.24. The Balaban J connectivity index is 1.45. The summed E-state index contributed by atoms with van der Waals surface area (Å²) in [6.45, 7) is 5.09. The van der Waals surface area contributed by atoms with Crippen molar-refractivity contribution in [1.29, 1.82) is 0 Å². The Kier molecular flexibility index (Phi) is 4.65. The van der Waals surface area contributed by atoms with Gasteiger partial charge in [-0.3, -0.25) is 14.7 Å². The molecule has 0 saturated carbocycles. The second kappa shape index (κ2) is 7.09. The predicted octanol–water partition coefficient (Wildman–Crippen LogP) is 3.35. The molecule has 26 heavy (non-hydrogen) atoms. The third-order valence-electron chi connectivity index (χ3n) is 4.85. The summed E-state index contributed by atoms with van der Waals surface area (Å²) in [5.41, 5.74) is 1.19. The molecule has 4 rings (SSSR count). The van der Waals surface area contributed by atoms with Gasteiger partial charge in [0.15, 0.2) is 0 Å². The van der Waals surface area contributed by atoms with Gasteiger partial charge in [-0.05, 0) is 31.2 Å². The summed E-state index contributed by atoms with van der Waals surface area (Å²) in [7, 11) is 0. The molecule has 7 heteroatoms. The molecule has 134 valence electrons. The highest BCUT2D eigenvalue weighted by molar-refractivity contribution is 7.09. The minimum Gasteiger partial charge on any atom is -0.336 e. The molecule has 1 amide bonds. The number of amides is 1. The Labute approximate surface area is 155 Å². The van der Waals surface area contributed by atoms with Crippen molar-refractivity contribution in [3.05, 3.63) is 58.4 Å². The topological polar surface area (TPSA) is 49.3 Å². The molecule has 3 aromatic rings. The van der Waals surface area contributed by atoms with Gasteiger partial charge in [0, 0.05) is 49.3 Å². The number of aromatic nitrogens is 2. The largest absolute Gasteiger partial charge is 0.336 e. The van der Waals surface area contributed by atoms with Crippen molar-refractivity contribution >= 4 is 28.1 Å². The van der Waals surface area contributed by atoms with Crippen molar-refractivity contribution in [3.8, 4) is 0 Å². The number of hydrogen-bond donors (Lipinski definition) is 0. The van der Waals surface area contributed by atoms with Crippen LogP contribution in [0, 0.1) is 5.82 Å². The number of carbonyl (C=O) groups excluding carboxylic acids is 1. The van der Waals surface area contributed by atoms with Gasteiger partial charge in [0.05, 0.1) is 17.1 Å². The van der Waals surface area contributed by atoms with Crippen LogP contribution in [0.25, 0.3) is 10.9 Å². The maximum Gasteiger partial charge on any atom is 0.255 e. The minimum absolute atomic E-state index is 0.0507. The standard InChI is InChI=1S/C19H19FN4OS/c1-13(18-21-4-9-26-18)23-5-7-24(8-6-23)19(25)15-10-14-11-16(20)2-3-17(14)22-12-15/h2-4,9-13H,5-8H2,1H3/t13-/m1/s1. The van der Waals surface area contributed by atoms with Gasteiger partial charge < -0.3 is 4.90 Å². The molecule has 2 aromatic heterocycles. The minimum atomic E-state index is -0.325. The zero-order chi connectivity index (χ0) is 18.1. The van der Waals surface area contributed by atoms with Crippen LogP contribution in [0.1, 0.15) is 28.3 Å².